The van der Waals surface area contributed by atoms with Crippen molar-refractivity contribution in [3.05, 3.63) is 70.9 Å². The number of nitrogens with one attached hydrogen (secondary N) is 1. The molecule has 0 radical (unpaired) electrons. The summed E-state index contributed by atoms with van der Waals surface area (Å²) in [6.07, 6.45) is 0.766. The molecule has 0 bridgehead atoms. The summed E-state index contributed by atoms with van der Waals surface area (Å²) in [5.41, 5.74) is 4.29. The van der Waals surface area contributed by atoms with Crippen molar-refractivity contribution in [3.63, 3.8) is 0 Å². The zero-order valence-electron chi connectivity index (χ0n) is 16.9. The average molecular weight is 413 g/mol. The number of carbonyl (C=O) groups is 1. The van der Waals surface area contributed by atoms with Gasteiger partial charge in [-0.25, -0.2) is 0 Å². The lowest BCUT2D eigenvalue weighted by Gasteiger charge is -2.13. The Labute approximate surface area is 176 Å². The maximum atomic E-state index is 12.8. The Morgan fingerprint density at radius 1 is 1.10 bits per heavy atom. The van der Waals surface area contributed by atoms with Crippen LogP contribution in [0.1, 0.15) is 22.5 Å². The number of aromatic nitrogens is 1. The van der Waals surface area contributed by atoms with Crippen LogP contribution in [-0.2, 0) is 4.74 Å². The molecule has 5 nitrogen and oxygen atoms in total. The van der Waals surface area contributed by atoms with Crippen LogP contribution in [0.3, 0.4) is 0 Å². The molecule has 0 aliphatic carbocycles. The summed E-state index contributed by atoms with van der Waals surface area (Å²) >= 11 is 6.07. The van der Waals surface area contributed by atoms with Gasteiger partial charge in [0.05, 0.1) is 18.4 Å². The lowest BCUT2D eigenvalue weighted by Crippen LogP contribution is -2.25. The number of benzene rings is 2. The number of hydrogen-bond acceptors (Lipinski definition) is 3. The molecule has 0 fully saturated rings. The predicted molar refractivity (Wildman–Crippen MR) is 116 cm³/mol. The minimum atomic E-state index is -0.101. The lowest BCUT2D eigenvalue weighted by molar-refractivity contribution is 0.0948. The molecule has 3 rings (SSSR count). The molecular weight excluding hydrogens is 388 g/mol. The van der Waals surface area contributed by atoms with Crippen molar-refractivity contribution in [2.75, 3.05) is 27.4 Å². The quantitative estimate of drug-likeness (QED) is 0.536. The van der Waals surface area contributed by atoms with E-state index in [1.54, 1.807) is 14.2 Å². The normalized spacial score (nSPS) is 10.8. The Kier molecular flexibility index (Phi) is 6.96. The number of rotatable bonds is 8. The summed E-state index contributed by atoms with van der Waals surface area (Å²) < 4.78 is 12.5. The number of carbonyl (C=O) groups excluding carboxylic acids is 1. The highest BCUT2D eigenvalue weighted by Crippen LogP contribution is 2.31. The molecule has 0 saturated heterocycles. The topological polar surface area (TPSA) is 52.5 Å². The van der Waals surface area contributed by atoms with Crippen LogP contribution in [0.5, 0.6) is 5.75 Å². The van der Waals surface area contributed by atoms with Gasteiger partial charge in [0.1, 0.15) is 5.75 Å². The molecule has 0 saturated carbocycles. The molecule has 1 N–H and O–H groups in total. The average Bonchev–Trinajstić information content (AvgIpc) is 3.09. The van der Waals surface area contributed by atoms with E-state index < -0.39 is 0 Å². The van der Waals surface area contributed by atoms with Gasteiger partial charge in [-0.1, -0.05) is 29.8 Å². The molecule has 1 amide bonds. The van der Waals surface area contributed by atoms with Gasteiger partial charge < -0.3 is 19.4 Å². The first-order valence-corrected chi connectivity index (χ1v) is 9.82. The van der Waals surface area contributed by atoms with Gasteiger partial charge in [0.2, 0.25) is 0 Å². The third-order valence-electron chi connectivity index (χ3n) is 4.75. The van der Waals surface area contributed by atoms with Gasteiger partial charge in [-0.05, 0) is 49.2 Å². The first-order valence-electron chi connectivity index (χ1n) is 9.45. The number of methoxy groups -OCH3 is 2. The first kappa shape index (κ1) is 21.0. The molecule has 1 aromatic heterocycles. The van der Waals surface area contributed by atoms with E-state index in [-0.39, 0.29) is 5.91 Å². The van der Waals surface area contributed by atoms with E-state index in [0.29, 0.717) is 23.7 Å². The van der Waals surface area contributed by atoms with Gasteiger partial charge in [-0.15, -0.1) is 0 Å². The summed E-state index contributed by atoms with van der Waals surface area (Å²) in [5, 5.41) is 3.64. The number of halogens is 1. The highest BCUT2D eigenvalue weighted by atomic mass is 35.5. The molecule has 0 aliphatic heterocycles. The van der Waals surface area contributed by atoms with Crippen molar-refractivity contribution in [1.82, 2.24) is 9.88 Å². The molecule has 0 atom stereocenters. The van der Waals surface area contributed by atoms with Crippen molar-refractivity contribution in [2.24, 2.45) is 0 Å². The van der Waals surface area contributed by atoms with Crippen molar-refractivity contribution in [2.45, 2.75) is 13.3 Å². The summed E-state index contributed by atoms with van der Waals surface area (Å²) in [6.45, 7) is 3.12. The molecule has 0 aliphatic rings. The molecule has 3 aromatic rings. The van der Waals surface area contributed by atoms with Gasteiger partial charge in [0.15, 0.2) is 0 Å². The molecule has 0 spiro atoms. The van der Waals surface area contributed by atoms with Crippen LogP contribution in [0.15, 0.2) is 54.6 Å². The molecular formula is C23H25ClN2O3. The monoisotopic (exact) mass is 412 g/mol. The molecule has 152 valence electrons. The Hall–Kier alpha value is -2.76. The highest BCUT2D eigenvalue weighted by molar-refractivity contribution is 6.30. The molecule has 29 heavy (non-hydrogen) atoms. The number of amides is 1. The predicted octanol–water partition coefficient (Wildman–Crippen LogP) is 4.88. The van der Waals surface area contributed by atoms with E-state index in [1.807, 2.05) is 61.5 Å². The molecule has 2 aromatic carbocycles. The van der Waals surface area contributed by atoms with Crippen LogP contribution < -0.4 is 10.1 Å². The van der Waals surface area contributed by atoms with E-state index in [1.165, 1.54) is 0 Å². The van der Waals surface area contributed by atoms with E-state index in [0.717, 1.165) is 34.8 Å². The smallest absolute Gasteiger partial charge is 0.253 e. The minimum Gasteiger partial charge on any atom is -0.497 e. The zero-order valence-corrected chi connectivity index (χ0v) is 17.6. The highest BCUT2D eigenvalue weighted by Gasteiger charge is 2.19. The summed E-state index contributed by atoms with van der Waals surface area (Å²) in [4.78, 5) is 12.8. The van der Waals surface area contributed by atoms with Crippen molar-refractivity contribution in [3.8, 4) is 22.7 Å². The fraction of sp³-hybridized carbons (Fsp3) is 0.261. The standard InChI is InChI=1S/C23H25ClN2O3/c1-16-21(23(27)25-12-5-13-28-2)15-22(17-8-10-18(24)11-9-17)26(16)19-6-4-7-20(14-19)29-3/h4,6-11,14-15H,5,12-13H2,1-3H3,(H,25,27). The maximum Gasteiger partial charge on any atom is 0.253 e. The maximum absolute atomic E-state index is 12.8. The summed E-state index contributed by atoms with van der Waals surface area (Å²) in [5.74, 6) is 0.652. The van der Waals surface area contributed by atoms with E-state index in [2.05, 4.69) is 9.88 Å². The van der Waals surface area contributed by atoms with Crippen molar-refractivity contribution >= 4 is 17.5 Å². The number of hydrogen-bond donors (Lipinski definition) is 1. The minimum absolute atomic E-state index is 0.101. The third-order valence-corrected chi connectivity index (χ3v) is 5.01. The Balaban J connectivity index is 2.05. The molecule has 1 heterocycles. The SMILES string of the molecule is COCCCNC(=O)c1cc(-c2ccc(Cl)cc2)n(-c2cccc(OC)c2)c1C. The summed E-state index contributed by atoms with van der Waals surface area (Å²) in [7, 11) is 3.29. The van der Waals surface area contributed by atoms with Crippen LogP contribution in [0.2, 0.25) is 5.02 Å². The van der Waals surface area contributed by atoms with Gasteiger partial charge in [0.25, 0.3) is 5.91 Å². The third kappa shape index (κ3) is 4.81. The number of nitrogens with zero attached hydrogens (tertiary/aromatic N) is 1. The van der Waals surface area contributed by atoms with Crippen LogP contribution in [0, 0.1) is 6.92 Å². The van der Waals surface area contributed by atoms with Crippen molar-refractivity contribution < 1.29 is 14.3 Å². The van der Waals surface area contributed by atoms with E-state index >= 15 is 0 Å². The van der Waals surface area contributed by atoms with Gasteiger partial charge in [-0.2, -0.15) is 0 Å². The van der Waals surface area contributed by atoms with Gasteiger partial charge >= 0.3 is 0 Å². The van der Waals surface area contributed by atoms with Gasteiger partial charge in [0, 0.05) is 42.7 Å². The zero-order chi connectivity index (χ0) is 20.8. The van der Waals surface area contributed by atoms with Crippen molar-refractivity contribution in [1.29, 1.82) is 0 Å². The second-order valence-corrected chi connectivity index (χ2v) is 7.11. The summed E-state index contributed by atoms with van der Waals surface area (Å²) in [6, 6.07) is 17.3. The van der Waals surface area contributed by atoms with E-state index in [4.69, 9.17) is 21.1 Å². The van der Waals surface area contributed by atoms with E-state index in [9.17, 15) is 4.79 Å². The second-order valence-electron chi connectivity index (χ2n) is 6.67. The Morgan fingerprint density at radius 2 is 1.86 bits per heavy atom. The fourth-order valence-electron chi connectivity index (χ4n) is 3.27. The first-order chi connectivity index (χ1) is 14.0. The van der Waals surface area contributed by atoms with Crippen LogP contribution in [-0.4, -0.2) is 37.8 Å². The largest absolute Gasteiger partial charge is 0.497 e. The molecule has 6 heteroatoms. The second kappa shape index (κ2) is 9.63. The van der Waals surface area contributed by atoms with Crippen LogP contribution in [0.25, 0.3) is 16.9 Å². The fourth-order valence-corrected chi connectivity index (χ4v) is 3.39. The molecule has 0 unspecified atom stereocenters. The Bertz CT molecular complexity index is 980. The Morgan fingerprint density at radius 3 is 2.55 bits per heavy atom. The van der Waals surface area contributed by atoms with Crippen LogP contribution in [0.4, 0.5) is 0 Å². The van der Waals surface area contributed by atoms with Crippen LogP contribution >= 0.6 is 11.6 Å². The number of ether oxygens (including phenoxy) is 2. The lowest BCUT2D eigenvalue weighted by atomic mass is 10.1. The van der Waals surface area contributed by atoms with Gasteiger partial charge in [-0.3, -0.25) is 4.79 Å².